The van der Waals surface area contributed by atoms with Crippen LogP contribution in [0.15, 0.2) is 30.3 Å². The van der Waals surface area contributed by atoms with E-state index >= 15 is 0 Å². The van der Waals surface area contributed by atoms with Gasteiger partial charge >= 0.3 is 0 Å². The summed E-state index contributed by atoms with van der Waals surface area (Å²) >= 11 is 5.41. The van der Waals surface area contributed by atoms with Crippen molar-refractivity contribution < 1.29 is 0 Å². The number of fused-ring (bicyclic) bond motifs is 3. The minimum absolute atomic E-state index is 0.540. The maximum Gasteiger partial charge on any atom is 0.166 e. The number of nitrogens with zero attached hydrogens (tertiary/aromatic N) is 1. The topological polar surface area (TPSA) is 27.3 Å². The molecule has 0 radical (unpaired) electrons. The van der Waals surface area contributed by atoms with Crippen LogP contribution in [0, 0.1) is 5.92 Å². The second kappa shape index (κ2) is 5.88. The first-order valence-corrected chi connectivity index (χ1v) is 7.53. The maximum atomic E-state index is 5.41. The van der Waals surface area contributed by atoms with Crippen molar-refractivity contribution in [3.63, 3.8) is 0 Å². The van der Waals surface area contributed by atoms with Gasteiger partial charge in [-0.25, -0.2) is 0 Å². The van der Waals surface area contributed by atoms with E-state index in [9.17, 15) is 0 Å². The van der Waals surface area contributed by atoms with E-state index in [0.717, 1.165) is 24.1 Å². The van der Waals surface area contributed by atoms with Crippen molar-refractivity contribution in [2.45, 2.75) is 25.4 Å². The van der Waals surface area contributed by atoms with E-state index < -0.39 is 0 Å². The third kappa shape index (κ3) is 3.25. The maximum absolute atomic E-state index is 5.41. The Kier molecular flexibility index (Phi) is 3.99. The number of hydrogen-bond donors (Lipinski definition) is 2. The normalized spacial score (nSPS) is 28.9. The predicted octanol–water partition coefficient (Wildman–Crippen LogP) is 1.74. The summed E-state index contributed by atoms with van der Waals surface area (Å²) in [5.74, 6) is 0.807. The van der Waals surface area contributed by atoms with Crippen LogP contribution in [-0.2, 0) is 6.54 Å². The lowest BCUT2D eigenvalue weighted by molar-refractivity contribution is 0.0811. The number of rotatable bonds is 3. The fourth-order valence-corrected chi connectivity index (χ4v) is 3.35. The Morgan fingerprint density at radius 1 is 1.21 bits per heavy atom. The van der Waals surface area contributed by atoms with Gasteiger partial charge in [-0.2, -0.15) is 0 Å². The van der Waals surface area contributed by atoms with Crippen LogP contribution >= 0.6 is 12.2 Å². The quantitative estimate of drug-likeness (QED) is 0.822. The van der Waals surface area contributed by atoms with Gasteiger partial charge in [0.2, 0.25) is 0 Å². The second-order valence-electron chi connectivity index (χ2n) is 5.56. The Morgan fingerprint density at radius 2 is 1.95 bits per heavy atom. The third-order valence-electron chi connectivity index (χ3n) is 4.27. The number of benzene rings is 1. The van der Waals surface area contributed by atoms with Crippen LogP contribution in [0.5, 0.6) is 0 Å². The Hall–Kier alpha value is -1.13. The summed E-state index contributed by atoms with van der Waals surface area (Å²) in [6.07, 6.45) is 2.64. The molecule has 4 rings (SSSR count). The molecule has 1 atom stereocenters. The summed E-state index contributed by atoms with van der Waals surface area (Å²) in [6.45, 7) is 4.49. The van der Waals surface area contributed by atoms with Crippen molar-refractivity contribution in [1.29, 1.82) is 0 Å². The largest absolute Gasteiger partial charge is 0.359 e. The number of thiocarbonyl (C=S) groups is 1. The van der Waals surface area contributed by atoms with Crippen molar-refractivity contribution in [1.82, 2.24) is 15.5 Å². The van der Waals surface area contributed by atoms with Crippen LogP contribution in [0.3, 0.4) is 0 Å². The van der Waals surface area contributed by atoms with Crippen LogP contribution in [-0.4, -0.2) is 35.7 Å². The molecule has 0 amide bonds. The molecular formula is C15H21N3S. The molecule has 19 heavy (non-hydrogen) atoms. The zero-order valence-electron chi connectivity index (χ0n) is 11.1. The van der Waals surface area contributed by atoms with E-state index in [-0.39, 0.29) is 0 Å². The van der Waals surface area contributed by atoms with Crippen LogP contribution in [0.25, 0.3) is 0 Å². The first-order valence-electron chi connectivity index (χ1n) is 7.12. The summed E-state index contributed by atoms with van der Waals surface area (Å²) in [6, 6.07) is 10.9. The molecule has 3 heterocycles. The molecule has 0 aromatic heterocycles. The number of nitrogens with one attached hydrogen (secondary N) is 2. The molecule has 3 aliphatic heterocycles. The highest BCUT2D eigenvalue weighted by molar-refractivity contribution is 7.80. The molecule has 3 saturated heterocycles. The molecule has 1 unspecified atom stereocenters. The Morgan fingerprint density at radius 3 is 2.58 bits per heavy atom. The monoisotopic (exact) mass is 275 g/mol. The van der Waals surface area contributed by atoms with Gasteiger partial charge in [-0.15, -0.1) is 0 Å². The molecule has 4 heteroatoms. The van der Waals surface area contributed by atoms with E-state index in [1.807, 2.05) is 6.07 Å². The van der Waals surface area contributed by atoms with E-state index in [4.69, 9.17) is 12.2 Å². The Bertz CT molecular complexity index is 426. The molecule has 0 saturated carbocycles. The average molecular weight is 275 g/mol. The SMILES string of the molecule is S=C(NCc1ccccc1)NC1CN2CCC1CC2. The molecule has 3 aliphatic rings. The summed E-state index contributed by atoms with van der Waals surface area (Å²) in [5, 5.41) is 7.60. The van der Waals surface area contributed by atoms with Crippen molar-refractivity contribution in [3.05, 3.63) is 35.9 Å². The lowest BCUT2D eigenvalue weighted by Crippen LogP contribution is -2.58. The highest BCUT2D eigenvalue weighted by atomic mass is 32.1. The molecule has 2 bridgehead atoms. The van der Waals surface area contributed by atoms with Crippen LogP contribution in [0.2, 0.25) is 0 Å². The summed E-state index contributed by atoms with van der Waals surface area (Å²) in [4.78, 5) is 2.54. The first-order chi connectivity index (χ1) is 9.31. The first kappa shape index (κ1) is 12.9. The van der Waals surface area contributed by atoms with E-state index in [1.165, 1.54) is 31.5 Å². The Balaban J connectivity index is 1.46. The van der Waals surface area contributed by atoms with Crippen LogP contribution in [0.4, 0.5) is 0 Å². The lowest BCUT2D eigenvalue weighted by atomic mass is 9.84. The van der Waals surface area contributed by atoms with Gasteiger partial charge in [-0.05, 0) is 49.6 Å². The minimum atomic E-state index is 0.540. The molecular weight excluding hydrogens is 254 g/mol. The summed E-state index contributed by atoms with van der Waals surface area (Å²) < 4.78 is 0. The molecule has 3 nitrogen and oxygen atoms in total. The lowest BCUT2D eigenvalue weighted by Gasteiger charge is -2.45. The zero-order valence-corrected chi connectivity index (χ0v) is 12.0. The van der Waals surface area contributed by atoms with Crippen LogP contribution in [0.1, 0.15) is 18.4 Å². The highest BCUT2D eigenvalue weighted by Crippen LogP contribution is 2.27. The fourth-order valence-electron chi connectivity index (χ4n) is 3.13. The van der Waals surface area contributed by atoms with Gasteiger partial charge < -0.3 is 15.5 Å². The van der Waals surface area contributed by atoms with E-state index in [0.29, 0.717) is 6.04 Å². The van der Waals surface area contributed by atoms with Gasteiger partial charge in [-0.3, -0.25) is 0 Å². The van der Waals surface area contributed by atoms with Gasteiger partial charge in [0.25, 0.3) is 0 Å². The van der Waals surface area contributed by atoms with Gasteiger partial charge in [0, 0.05) is 19.1 Å². The number of hydrogen-bond acceptors (Lipinski definition) is 2. The smallest absolute Gasteiger partial charge is 0.166 e. The Labute approximate surface area is 120 Å². The molecule has 0 aliphatic carbocycles. The van der Waals surface area contributed by atoms with Crippen molar-refractivity contribution in [2.24, 2.45) is 5.92 Å². The average Bonchev–Trinajstić information content (AvgIpc) is 2.47. The highest BCUT2D eigenvalue weighted by Gasteiger charge is 2.34. The fraction of sp³-hybridized carbons (Fsp3) is 0.533. The molecule has 2 N–H and O–H groups in total. The zero-order chi connectivity index (χ0) is 13.1. The van der Waals surface area contributed by atoms with Crippen molar-refractivity contribution in [3.8, 4) is 0 Å². The van der Waals surface area contributed by atoms with Crippen molar-refractivity contribution >= 4 is 17.3 Å². The van der Waals surface area contributed by atoms with E-state index in [1.54, 1.807) is 0 Å². The molecule has 1 aromatic carbocycles. The molecule has 102 valence electrons. The van der Waals surface area contributed by atoms with Gasteiger partial charge in [-0.1, -0.05) is 30.3 Å². The van der Waals surface area contributed by atoms with Crippen molar-refractivity contribution in [2.75, 3.05) is 19.6 Å². The minimum Gasteiger partial charge on any atom is -0.359 e. The number of piperidine rings is 3. The van der Waals surface area contributed by atoms with Crippen LogP contribution < -0.4 is 10.6 Å². The standard InChI is InChI=1S/C15H21N3S/c19-15(16-10-12-4-2-1-3-5-12)17-14-11-18-8-6-13(14)7-9-18/h1-5,13-14H,6-11H2,(H2,16,17,19). The summed E-state index contributed by atoms with van der Waals surface area (Å²) in [7, 11) is 0. The van der Waals surface area contributed by atoms with Gasteiger partial charge in [0.1, 0.15) is 0 Å². The third-order valence-corrected chi connectivity index (χ3v) is 4.53. The molecule has 3 fully saturated rings. The summed E-state index contributed by atoms with van der Waals surface area (Å²) in [5.41, 5.74) is 1.26. The van der Waals surface area contributed by atoms with Gasteiger partial charge in [0.05, 0.1) is 0 Å². The predicted molar refractivity (Wildman–Crippen MR) is 82.0 cm³/mol. The molecule has 0 spiro atoms. The van der Waals surface area contributed by atoms with Gasteiger partial charge in [0.15, 0.2) is 5.11 Å². The molecule has 1 aromatic rings. The second-order valence-corrected chi connectivity index (χ2v) is 5.97. The van der Waals surface area contributed by atoms with E-state index in [2.05, 4.69) is 39.8 Å².